The zero-order chi connectivity index (χ0) is 48.2. The van der Waals surface area contributed by atoms with Crippen molar-refractivity contribution in [1.29, 1.82) is 0 Å². The van der Waals surface area contributed by atoms with E-state index in [0.717, 1.165) is 12.0 Å². The van der Waals surface area contributed by atoms with Crippen LogP contribution in [0.3, 0.4) is 0 Å². The van der Waals surface area contributed by atoms with Gasteiger partial charge in [-0.2, -0.15) is 0 Å². The van der Waals surface area contributed by atoms with Crippen molar-refractivity contribution in [2.75, 3.05) is 21.3 Å². The first kappa shape index (κ1) is 54.4. The first-order valence-corrected chi connectivity index (χ1v) is 23.9. The molecule has 1 aliphatic carbocycles. The number of aliphatic hydroxyl groups is 3. The van der Waals surface area contributed by atoms with Crippen LogP contribution < -0.4 is 5.32 Å². The van der Waals surface area contributed by atoms with E-state index in [9.17, 15) is 39.3 Å². The van der Waals surface area contributed by atoms with Crippen molar-refractivity contribution in [3.63, 3.8) is 0 Å². The van der Waals surface area contributed by atoms with Crippen molar-refractivity contribution in [2.24, 2.45) is 35.5 Å². The van der Waals surface area contributed by atoms with Crippen molar-refractivity contribution in [3.8, 4) is 0 Å². The molecule has 65 heavy (non-hydrogen) atoms. The standard InChI is InChI=1S/C51H79NO13/c1-29-15-12-11-13-16-30(2)42(61-8)27-37-21-19-35(7)51(60,65-37)49(58)47(57)38-17-14-18-39(52-38)50(59)64-43(32(4)25-36-20-22-40(53)44(26-36)62-9)28-41(54)31(3)24-34(6)46(56)48(63-10)45(55)33(5)23-29/h11-13,15-16,24,29,31-33,35-40,42-44,46,48,52-53,56,60H,14,17-23,25-28H2,1-10H3/b13-11+,15-12+,30-16+,34-24+/t29?,31?,32-,33?,35-,36?,37+,38?,39?,40?,42?,43?,44-,46?,48+,51-/m1/s1. The van der Waals surface area contributed by atoms with Crippen molar-refractivity contribution in [1.82, 2.24) is 5.32 Å². The highest BCUT2D eigenvalue weighted by molar-refractivity contribution is 6.41. The Balaban J connectivity index is 1.66. The molecule has 0 aromatic carbocycles. The number of rotatable bonds is 6. The molecule has 10 unspecified atom stereocenters. The third kappa shape index (κ3) is 14.6. The molecule has 1 saturated carbocycles. The molecule has 3 aliphatic heterocycles. The lowest BCUT2D eigenvalue weighted by atomic mass is 9.78. The Hall–Kier alpha value is -3.21. The average molecular weight is 914 g/mol. The van der Waals surface area contributed by atoms with E-state index < -0.39 is 89.8 Å². The molecule has 0 amide bonds. The summed E-state index contributed by atoms with van der Waals surface area (Å²) in [5.74, 6) is -7.43. The number of aliphatic hydroxyl groups excluding tert-OH is 2. The van der Waals surface area contributed by atoms with Gasteiger partial charge in [0.2, 0.25) is 11.6 Å². The summed E-state index contributed by atoms with van der Waals surface area (Å²) in [7, 11) is 4.53. The Bertz CT molecular complexity index is 1760. The Morgan fingerprint density at radius 2 is 1.54 bits per heavy atom. The minimum Gasteiger partial charge on any atom is -0.460 e. The summed E-state index contributed by atoms with van der Waals surface area (Å²) in [4.78, 5) is 69.7. The minimum atomic E-state index is -2.36. The molecule has 4 rings (SSSR count). The Morgan fingerprint density at radius 3 is 2.22 bits per heavy atom. The van der Waals surface area contributed by atoms with E-state index in [-0.39, 0.29) is 48.3 Å². The number of Topliss-reactive ketones (excluding diaryl/α,β-unsaturated/α-hetero) is 4. The number of ether oxygens (including phenoxy) is 5. The normalized spacial score (nSPS) is 41.5. The number of hydrogen-bond acceptors (Lipinski definition) is 14. The fraction of sp³-hybridized carbons (Fsp3) is 0.745. The number of carbonyl (C=O) groups is 5. The van der Waals surface area contributed by atoms with Gasteiger partial charge in [-0.15, -0.1) is 0 Å². The number of methoxy groups -OCH3 is 3. The Morgan fingerprint density at radius 1 is 0.831 bits per heavy atom. The van der Waals surface area contributed by atoms with Crippen molar-refractivity contribution in [2.45, 2.75) is 186 Å². The van der Waals surface area contributed by atoms with Crippen LogP contribution in [0.15, 0.2) is 47.6 Å². The molecule has 3 fully saturated rings. The molecule has 366 valence electrons. The molecule has 4 aliphatic rings. The predicted octanol–water partition coefficient (Wildman–Crippen LogP) is 5.88. The maximum Gasteiger partial charge on any atom is 0.323 e. The van der Waals surface area contributed by atoms with Gasteiger partial charge in [-0.3, -0.25) is 29.3 Å². The maximum absolute atomic E-state index is 14.1. The second-order valence-corrected chi connectivity index (χ2v) is 19.6. The van der Waals surface area contributed by atoms with Crippen LogP contribution >= 0.6 is 0 Å². The smallest absolute Gasteiger partial charge is 0.323 e. The maximum atomic E-state index is 14.1. The van der Waals surface area contributed by atoms with Crippen LogP contribution in [0.1, 0.15) is 126 Å². The van der Waals surface area contributed by atoms with E-state index in [2.05, 4.69) is 5.32 Å². The lowest BCUT2D eigenvalue weighted by Crippen LogP contribution is -2.60. The van der Waals surface area contributed by atoms with Crippen molar-refractivity contribution >= 4 is 29.1 Å². The molecule has 0 radical (unpaired) electrons. The van der Waals surface area contributed by atoms with Gasteiger partial charge in [0.05, 0.1) is 30.5 Å². The molecule has 3 heterocycles. The van der Waals surface area contributed by atoms with Crippen LogP contribution in [0.5, 0.6) is 0 Å². The fourth-order valence-electron chi connectivity index (χ4n) is 10.1. The highest BCUT2D eigenvalue weighted by atomic mass is 16.6. The number of esters is 1. The highest BCUT2D eigenvalue weighted by Crippen LogP contribution is 2.37. The fourth-order valence-corrected chi connectivity index (χ4v) is 10.1. The summed E-state index contributed by atoms with van der Waals surface area (Å²) in [5, 5.41) is 36.7. The largest absolute Gasteiger partial charge is 0.460 e. The molecule has 0 aromatic heterocycles. The van der Waals surface area contributed by atoms with Crippen LogP contribution in [0.2, 0.25) is 0 Å². The second-order valence-electron chi connectivity index (χ2n) is 19.6. The second kappa shape index (κ2) is 25.2. The molecule has 14 heteroatoms. The van der Waals surface area contributed by atoms with Gasteiger partial charge < -0.3 is 39.0 Å². The van der Waals surface area contributed by atoms with Gasteiger partial charge in [0.1, 0.15) is 30.1 Å². The molecular weight excluding hydrogens is 835 g/mol. The van der Waals surface area contributed by atoms with Gasteiger partial charge in [-0.25, -0.2) is 0 Å². The number of carbonyl (C=O) groups excluding carboxylic acids is 5. The van der Waals surface area contributed by atoms with Crippen LogP contribution in [0.25, 0.3) is 0 Å². The highest BCUT2D eigenvalue weighted by Gasteiger charge is 2.52. The summed E-state index contributed by atoms with van der Waals surface area (Å²) < 4.78 is 29.2. The molecule has 4 bridgehead atoms. The van der Waals surface area contributed by atoms with Gasteiger partial charge >= 0.3 is 5.97 Å². The van der Waals surface area contributed by atoms with E-state index in [0.29, 0.717) is 63.4 Å². The average Bonchev–Trinajstić information content (AvgIpc) is 3.28. The third-order valence-electron chi connectivity index (χ3n) is 14.5. The SMILES string of the molecule is COC1C[C@@H]2CC[C@@H](C)[C@@](O)(O2)C(=O)C(=O)C2CCCC(N2)C(=O)OC([C@H](C)CC2CCC(O)[C@H](OC)C2)CC(=O)C(C)/C=C(\C)C(O)[C@@H](OC)C(=O)C(C)CC(C)/C=C/C=C/C=C/1C. The van der Waals surface area contributed by atoms with E-state index in [1.54, 1.807) is 41.1 Å². The molecule has 2 saturated heterocycles. The van der Waals surface area contributed by atoms with E-state index in [1.807, 2.05) is 58.1 Å². The summed E-state index contributed by atoms with van der Waals surface area (Å²) >= 11 is 0. The zero-order valence-electron chi connectivity index (χ0n) is 40.5. The first-order chi connectivity index (χ1) is 30.7. The molecular formula is C51H79NO13. The number of piperidine rings is 1. The van der Waals surface area contributed by atoms with Crippen LogP contribution in [-0.2, 0) is 47.7 Å². The number of nitrogens with one attached hydrogen (secondary N) is 1. The topological polar surface area (TPSA) is 204 Å². The lowest BCUT2D eigenvalue weighted by Gasteiger charge is -2.42. The van der Waals surface area contributed by atoms with Crippen LogP contribution in [0.4, 0.5) is 0 Å². The van der Waals surface area contributed by atoms with Crippen LogP contribution in [-0.4, -0.2) is 126 Å². The summed E-state index contributed by atoms with van der Waals surface area (Å²) in [6.45, 7) is 12.7. The summed E-state index contributed by atoms with van der Waals surface area (Å²) in [5.41, 5.74) is 1.28. The summed E-state index contributed by atoms with van der Waals surface area (Å²) in [6, 6.07) is -2.03. The van der Waals surface area contributed by atoms with Gasteiger partial charge in [-0.1, -0.05) is 71.1 Å². The van der Waals surface area contributed by atoms with E-state index >= 15 is 0 Å². The zero-order valence-corrected chi connectivity index (χ0v) is 40.5. The van der Waals surface area contributed by atoms with Crippen molar-refractivity contribution in [3.05, 3.63) is 47.6 Å². The molecule has 14 nitrogen and oxygen atoms in total. The third-order valence-corrected chi connectivity index (χ3v) is 14.5. The summed E-state index contributed by atoms with van der Waals surface area (Å²) in [6.07, 6.45) is 11.2. The first-order valence-electron chi connectivity index (χ1n) is 23.9. The molecule has 16 atom stereocenters. The number of allylic oxidation sites excluding steroid dienone is 6. The van der Waals surface area contributed by atoms with Gasteiger partial charge in [-0.05, 0) is 107 Å². The Labute approximate surface area is 387 Å². The van der Waals surface area contributed by atoms with E-state index in [1.165, 1.54) is 7.11 Å². The number of ketones is 4. The number of fused-ring (bicyclic) bond motifs is 4. The van der Waals surface area contributed by atoms with Crippen LogP contribution in [0, 0.1) is 35.5 Å². The van der Waals surface area contributed by atoms with Gasteiger partial charge in [0.15, 0.2) is 5.78 Å². The van der Waals surface area contributed by atoms with Crippen molar-refractivity contribution < 1.29 is 63.0 Å². The monoisotopic (exact) mass is 914 g/mol. The van der Waals surface area contributed by atoms with Gasteiger partial charge in [0, 0.05) is 51.9 Å². The van der Waals surface area contributed by atoms with E-state index in [4.69, 9.17) is 23.7 Å². The Kier molecular flexibility index (Phi) is 21.1. The minimum absolute atomic E-state index is 0.0183. The molecule has 4 N–H and O–H groups in total. The van der Waals surface area contributed by atoms with Gasteiger partial charge in [0.25, 0.3) is 5.78 Å². The number of cyclic esters (lactones) is 1. The quantitative estimate of drug-likeness (QED) is 0.140. The molecule has 0 aromatic rings. The number of hydrogen-bond donors (Lipinski definition) is 4. The molecule has 0 spiro atoms. The predicted molar refractivity (Wildman–Crippen MR) is 245 cm³/mol. The lowest BCUT2D eigenvalue weighted by molar-refractivity contribution is -0.264.